The Bertz CT molecular complexity index is 1030. The van der Waals surface area contributed by atoms with Crippen molar-refractivity contribution in [2.45, 2.75) is 6.54 Å². The molecule has 0 saturated heterocycles. The normalized spacial score (nSPS) is 10.1. The second-order valence-corrected chi connectivity index (χ2v) is 6.12. The molecule has 1 heterocycles. The fourth-order valence-corrected chi connectivity index (χ4v) is 2.66. The zero-order valence-electron chi connectivity index (χ0n) is 15.7. The number of aromatic nitrogens is 1. The third kappa shape index (κ3) is 5.04. The second-order valence-electron chi connectivity index (χ2n) is 6.12. The number of para-hydroxylation sites is 1. The first-order valence-corrected chi connectivity index (χ1v) is 8.84. The standard InChI is InChI=1S/C22H19N3O4/c1-29-22(28)18-9-2-3-10-19(18)25-21(27)17-8-4-7-16(12-17)20(26)24-14-15-6-5-11-23-13-15/h2-13H,14H2,1H3,(H,24,26)(H,25,27). The number of pyridine rings is 1. The minimum atomic E-state index is -0.551. The molecular weight excluding hydrogens is 370 g/mol. The number of carbonyl (C=O) groups is 3. The molecule has 1 aromatic heterocycles. The van der Waals surface area contributed by atoms with Crippen molar-refractivity contribution >= 4 is 23.5 Å². The summed E-state index contributed by atoms with van der Waals surface area (Å²) in [6.45, 7) is 0.329. The van der Waals surface area contributed by atoms with Gasteiger partial charge in [-0.15, -0.1) is 0 Å². The Morgan fingerprint density at radius 2 is 1.69 bits per heavy atom. The van der Waals surface area contributed by atoms with Crippen LogP contribution in [0.3, 0.4) is 0 Å². The Morgan fingerprint density at radius 1 is 0.931 bits per heavy atom. The van der Waals surface area contributed by atoms with Gasteiger partial charge in [0.25, 0.3) is 11.8 Å². The van der Waals surface area contributed by atoms with E-state index in [9.17, 15) is 14.4 Å². The van der Waals surface area contributed by atoms with Crippen LogP contribution in [0.25, 0.3) is 0 Å². The lowest BCUT2D eigenvalue weighted by Gasteiger charge is -2.10. The number of nitrogens with zero attached hydrogens (tertiary/aromatic N) is 1. The van der Waals surface area contributed by atoms with E-state index < -0.39 is 11.9 Å². The minimum Gasteiger partial charge on any atom is -0.465 e. The third-order valence-electron chi connectivity index (χ3n) is 4.14. The first-order chi connectivity index (χ1) is 14.1. The average molecular weight is 389 g/mol. The summed E-state index contributed by atoms with van der Waals surface area (Å²) in [5.74, 6) is -1.30. The summed E-state index contributed by atoms with van der Waals surface area (Å²) in [4.78, 5) is 40.9. The molecule has 3 aromatic rings. The van der Waals surface area contributed by atoms with Crippen molar-refractivity contribution in [1.82, 2.24) is 10.3 Å². The molecule has 2 amide bonds. The van der Waals surface area contributed by atoms with Gasteiger partial charge in [0.15, 0.2) is 0 Å². The highest BCUT2D eigenvalue weighted by atomic mass is 16.5. The van der Waals surface area contributed by atoms with Gasteiger partial charge in [-0.3, -0.25) is 14.6 Å². The molecule has 0 spiro atoms. The number of ether oxygens (including phenoxy) is 1. The Kier molecular flexibility index (Phi) is 6.32. The van der Waals surface area contributed by atoms with E-state index >= 15 is 0 Å². The molecule has 29 heavy (non-hydrogen) atoms. The van der Waals surface area contributed by atoms with Gasteiger partial charge in [0, 0.05) is 30.1 Å². The number of carbonyl (C=O) groups excluding carboxylic acids is 3. The molecule has 0 aliphatic carbocycles. The highest BCUT2D eigenvalue weighted by Gasteiger charge is 2.15. The maximum atomic E-state index is 12.6. The van der Waals surface area contributed by atoms with E-state index in [1.807, 2.05) is 6.07 Å². The first-order valence-electron chi connectivity index (χ1n) is 8.84. The number of nitrogens with one attached hydrogen (secondary N) is 2. The average Bonchev–Trinajstić information content (AvgIpc) is 2.78. The number of benzene rings is 2. The Balaban J connectivity index is 1.71. The molecule has 7 heteroatoms. The van der Waals surface area contributed by atoms with Crippen molar-refractivity contribution in [3.05, 3.63) is 95.3 Å². The summed E-state index contributed by atoms with van der Waals surface area (Å²) in [6, 6.07) is 16.5. The van der Waals surface area contributed by atoms with E-state index in [0.717, 1.165) is 5.56 Å². The predicted octanol–water partition coefficient (Wildman–Crippen LogP) is 3.05. The number of esters is 1. The molecule has 0 aliphatic heterocycles. The van der Waals surface area contributed by atoms with Crippen LogP contribution in [-0.4, -0.2) is 29.9 Å². The number of methoxy groups -OCH3 is 1. The number of hydrogen-bond acceptors (Lipinski definition) is 5. The monoisotopic (exact) mass is 389 g/mol. The zero-order valence-corrected chi connectivity index (χ0v) is 15.7. The highest BCUT2D eigenvalue weighted by Crippen LogP contribution is 2.17. The van der Waals surface area contributed by atoms with Crippen LogP contribution in [0.5, 0.6) is 0 Å². The van der Waals surface area contributed by atoms with Crippen LogP contribution in [-0.2, 0) is 11.3 Å². The van der Waals surface area contributed by atoms with Crippen molar-refractivity contribution < 1.29 is 19.1 Å². The quantitative estimate of drug-likeness (QED) is 0.632. The summed E-state index contributed by atoms with van der Waals surface area (Å²) >= 11 is 0. The lowest BCUT2D eigenvalue weighted by molar-refractivity contribution is 0.0601. The Hall–Kier alpha value is -4.00. The number of anilines is 1. The van der Waals surface area contributed by atoms with E-state index in [1.54, 1.807) is 60.9 Å². The SMILES string of the molecule is COC(=O)c1ccccc1NC(=O)c1cccc(C(=O)NCc2cccnc2)c1. The van der Waals surface area contributed by atoms with Gasteiger partial charge in [-0.1, -0.05) is 24.3 Å². The first kappa shape index (κ1) is 19.8. The number of hydrogen-bond donors (Lipinski definition) is 2. The molecule has 0 fully saturated rings. The summed E-state index contributed by atoms with van der Waals surface area (Å²) in [7, 11) is 1.27. The lowest BCUT2D eigenvalue weighted by Crippen LogP contribution is -2.23. The molecule has 0 aliphatic rings. The third-order valence-corrected chi connectivity index (χ3v) is 4.14. The largest absolute Gasteiger partial charge is 0.465 e. The highest BCUT2D eigenvalue weighted by molar-refractivity contribution is 6.09. The lowest BCUT2D eigenvalue weighted by atomic mass is 10.1. The molecule has 7 nitrogen and oxygen atoms in total. The van der Waals surface area contributed by atoms with E-state index in [4.69, 9.17) is 4.74 Å². The van der Waals surface area contributed by atoms with Crippen LogP contribution < -0.4 is 10.6 Å². The van der Waals surface area contributed by atoms with Crippen molar-refractivity contribution in [3.63, 3.8) is 0 Å². The molecule has 2 aromatic carbocycles. The summed E-state index contributed by atoms with van der Waals surface area (Å²) < 4.78 is 4.73. The minimum absolute atomic E-state index is 0.244. The van der Waals surface area contributed by atoms with Crippen LogP contribution >= 0.6 is 0 Å². The van der Waals surface area contributed by atoms with Gasteiger partial charge in [-0.25, -0.2) is 4.79 Å². The van der Waals surface area contributed by atoms with Crippen molar-refractivity contribution in [1.29, 1.82) is 0 Å². The molecule has 2 N–H and O–H groups in total. The van der Waals surface area contributed by atoms with Crippen LogP contribution in [0.15, 0.2) is 73.1 Å². The van der Waals surface area contributed by atoms with Crippen molar-refractivity contribution in [3.8, 4) is 0 Å². The van der Waals surface area contributed by atoms with E-state index in [-0.39, 0.29) is 11.5 Å². The van der Waals surface area contributed by atoms with Gasteiger partial charge < -0.3 is 15.4 Å². The molecule has 0 atom stereocenters. The van der Waals surface area contributed by atoms with Crippen LogP contribution in [0.4, 0.5) is 5.69 Å². The summed E-state index contributed by atoms with van der Waals surface area (Å²) in [5, 5.41) is 5.48. The molecule has 146 valence electrons. The molecular formula is C22H19N3O4. The Morgan fingerprint density at radius 3 is 2.41 bits per heavy atom. The van der Waals surface area contributed by atoms with Crippen molar-refractivity contribution in [2.24, 2.45) is 0 Å². The molecule has 0 saturated carbocycles. The smallest absolute Gasteiger partial charge is 0.339 e. The van der Waals surface area contributed by atoms with Gasteiger partial charge in [-0.2, -0.15) is 0 Å². The van der Waals surface area contributed by atoms with Crippen LogP contribution in [0, 0.1) is 0 Å². The maximum absolute atomic E-state index is 12.6. The van der Waals surface area contributed by atoms with Crippen molar-refractivity contribution in [2.75, 3.05) is 12.4 Å². The Labute approximate surface area is 167 Å². The zero-order chi connectivity index (χ0) is 20.6. The van der Waals surface area contributed by atoms with E-state index in [0.29, 0.717) is 23.4 Å². The van der Waals surface area contributed by atoms with E-state index in [1.165, 1.54) is 13.2 Å². The fraction of sp³-hybridized carbons (Fsp3) is 0.0909. The van der Waals surface area contributed by atoms with Gasteiger partial charge in [0.2, 0.25) is 0 Å². The molecule has 0 bridgehead atoms. The fourth-order valence-electron chi connectivity index (χ4n) is 2.66. The van der Waals surface area contributed by atoms with Gasteiger partial charge in [-0.05, 0) is 42.0 Å². The molecule has 3 rings (SSSR count). The number of rotatable bonds is 6. The van der Waals surface area contributed by atoms with Gasteiger partial charge >= 0.3 is 5.97 Å². The molecule has 0 radical (unpaired) electrons. The topological polar surface area (TPSA) is 97.4 Å². The van der Waals surface area contributed by atoms with Crippen LogP contribution in [0.2, 0.25) is 0 Å². The second kappa shape index (κ2) is 9.27. The maximum Gasteiger partial charge on any atom is 0.339 e. The summed E-state index contributed by atoms with van der Waals surface area (Å²) in [5.41, 5.74) is 2.08. The summed E-state index contributed by atoms with van der Waals surface area (Å²) in [6.07, 6.45) is 3.33. The number of amides is 2. The molecule has 0 unspecified atom stereocenters. The van der Waals surface area contributed by atoms with Crippen LogP contribution in [0.1, 0.15) is 36.6 Å². The predicted molar refractivity (Wildman–Crippen MR) is 108 cm³/mol. The van der Waals surface area contributed by atoms with E-state index in [2.05, 4.69) is 15.6 Å². The van der Waals surface area contributed by atoms with Gasteiger partial charge in [0.05, 0.1) is 18.4 Å². The van der Waals surface area contributed by atoms with Gasteiger partial charge in [0.1, 0.15) is 0 Å².